The molecule has 0 saturated carbocycles. The van der Waals surface area contributed by atoms with Crippen LogP contribution in [0.1, 0.15) is 0 Å². The first-order chi connectivity index (χ1) is 40.6. The predicted molar refractivity (Wildman–Crippen MR) is 314 cm³/mol. The quantitative estimate of drug-likeness (QED) is 0.0489. The van der Waals surface area contributed by atoms with Crippen LogP contribution in [-0.2, 0) is 0 Å². The molecule has 0 aliphatic heterocycles. The van der Waals surface area contributed by atoms with Gasteiger partial charge in [0.1, 0.15) is 0 Å². The SMILES string of the molecule is O=[N+]([O-])c1ccc[c]([Sn]([c]2cccc([N+](=O)[O-])c2)([c]2cccc([N+](=O)[O-])c2)[N]([Sn]([c]2cccc([N+](=O)[O-])c2)([c]2cccc([N+](=O)[O-])c2)[c]2cccc([N+](=O)[O-])c2)[Sn]([c]2cccc([N+](=O)[O-])c2)([c]2cccc([N+](=O)[O-])c2)[c]2cccc([N+](=O)[O-])c2)c1. The van der Waals surface area contributed by atoms with Crippen molar-refractivity contribution in [3.63, 3.8) is 0 Å². The Morgan fingerprint density at radius 3 is 0.400 bits per heavy atom. The summed E-state index contributed by atoms with van der Waals surface area (Å²) in [7, 11) is 0. The Morgan fingerprint density at radius 2 is 0.306 bits per heavy atom. The van der Waals surface area contributed by atoms with E-state index in [0.29, 0.717) is 0 Å². The zero-order valence-corrected chi connectivity index (χ0v) is 51.7. The summed E-state index contributed by atoms with van der Waals surface area (Å²) in [6.07, 6.45) is 0. The zero-order chi connectivity index (χ0) is 61.1. The van der Waals surface area contributed by atoms with E-state index in [1.54, 1.807) is 0 Å². The van der Waals surface area contributed by atoms with Crippen LogP contribution in [0.15, 0.2) is 218 Å². The van der Waals surface area contributed by atoms with Crippen molar-refractivity contribution < 1.29 is 44.3 Å². The molecule has 0 bridgehead atoms. The van der Waals surface area contributed by atoms with Gasteiger partial charge in [-0.05, 0) is 0 Å². The van der Waals surface area contributed by atoms with Crippen LogP contribution in [0.5, 0.6) is 0 Å². The van der Waals surface area contributed by atoms with Gasteiger partial charge in [0, 0.05) is 0 Å². The molecule has 0 amide bonds. The predicted octanol–water partition coefficient (Wildman–Crippen LogP) is 5.46. The first-order valence-electron chi connectivity index (χ1n) is 24.6. The van der Waals surface area contributed by atoms with Gasteiger partial charge in [-0.1, -0.05) is 0 Å². The summed E-state index contributed by atoms with van der Waals surface area (Å²) < 4.78 is 0.386. The van der Waals surface area contributed by atoms with Gasteiger partial charge in [0.05, 0.1) is 0 Å². The summed E-state index contributed by atoms with van der Waals surface area (Å²) in [5, 5.41) is 121. The average Bonchev–Trinajstić information content (AvgIpc) is 0.681. The fourth-order valence-electron chi connectivity index (χ4n) is 11.0. The first-order valence-corrected chi connectivity index (χ1v) is 41.3. The summed E-state index contributed by atoms with van der Waals surface area (Å²) in [4.78, 5) is 114. The van der Waals surface area contributed by atoms with Gasteiger partial charge in [-0.15, -0.1) is 0 Å². The second-order valence-electron chi connectivity index (χ2n) is 18.7. The molecular weight excluding hydrogens is 1430 g/mol. The van der Waals surface area contributed by atoms with Crippen molar-refractivity contribution in [2.24, 2.45) is 0 Å². The monoisotopic (exact) mass is 1470 g/mol. The Labute approximate surface area is 488 Å². The summed E-state index contributed by atoms with van der Waals surface area (Å²) in [6, 6.07) is 42.7. The Morgan fingerprint density at radius 1 is 0.200 bits per heavy atom. The van der Waals surface area contributed by atoms with Crippen LogP contribution in [0.4, 0.5) is 51.2 Å². The maximum absolute atomic E-state index is 13.4. The molecule has 9 aromatic carbocycles. The number of nitro groups is 9. The number of hydrogen-bond acceptors (Lipinski definition) is 19. The molecule has 0 saturated heterocycles. The van der Waals surface area contributed by atoms with Crippen molar-refractivity contribution in [1.82, 2.24) is -0.435 Å². The van der Waals surface area contributed by atoms with Crippen LogP contribution in [0, 0.1) is 91.0 Å². The van der Waals surface area contributed by atoms with Gasteiger partial charge in [-0.3, -0.25) is 0 Å². The molecule has 0 aliphatic carbocycles. The number of rotatable bonds is 21. The van der Waals surface area contributed by atoms with Gasteiger partial charge in [0.2, 0.25) is 0 Å². The summed E-state index contributed by atoms with van der Waals surface area (Å²) in [5.74, 6) is 0. The van der Waals surface area contributed by atoms with Crippen LogP contribution in [0.3, 0.4) is 0 Å². The third-order valence-corrected chi connectivity index (χ3v) is 88.0. The first kappa shape index (κ1) is 59.6. The second kappa shape index (κ2) is 24.0. The van der Waals surface area contributed by atoms with E-state index in [4.69, 9.17) is 0 Å². The molecule has 0 aromatic heterocycles. The van der Waals surface area contributed by atoms with Gasteiger partial charge in [0.25, 0.3) is 0 Å². The molecule has 0 unspecified atom stereocenters. The normalized spacial score (nSPS) is 11.5. The van der Waals surface area contributed by atoms with Crippen molar-refractivity contribution in [2.75, 3.05) is 0 Å². The van der Waals surface area contributed by atoms with Gasteiger partial charge >= 0.3 is 493 Å². The van der Waals surface area contributed by atoms with Gasteiger partial charge in [0.15, 0.2) is 0 Å². The van der Waals surface area contributed by atoms with Crippen LogP contribution in [0.2, 0.25) is 0 Å². The fraction of sp³-hybridized carbons (Fsp3) is 0. The van der Waals surface area contributed by atoms with Crippen LogP contribution < -0.4 is 32.2 Å². The van der Waals surface area contributed by atoms with E-state index in [0.717, 1.165) is 109 Å². The average molecular weight is 1470 g/mol. The van der Waals surface area contributed by atoms with Crippen molar-refractivity contribution >= 4 is 139 Å². The van der Waals surface area contributed by atoms with Crippen molar-refractivity contribution in [2.45, 2.75) is 0 Å². The standard InChI is InChI=1S/9C6H4NO2.N.3Sn/c9*8-7(9)6-4-2-1-3-5-6;;;;/h9*1-2,4-5H;;;;. The number of nitrogens with zero attached hydrogens (tertiary/aromatic N) is 10. The molecule has 0 radical (unpaired) electrons. The molecule has 0 N–H and O–H groups in total. The molecule has 31 heteroatoms. The molecule has 0 fully saturated rings. The van der Waals surface area contributed by atoms with Crippen LogP contribution >= 0.6 is 0 Å². The summed E-state index contributed by atoms with van der Waals surface area (Å²) in [6.45, 7) is 0. The molecule has 9 aromatic rings. The Kier molecular flexibility index (Phi) is 16.8. The summed E-state index contributed by atoms with van der Waals surface area (Å²) >= 11 is -22.0. The van der Waals surface area contributed by atoms with E-state index in [1.807, 2.05) is -0.435 Å². The number of hydrogen-bond donors (Lipinski definition) is 0. The van der Waals surface area contributed by atoms with E-state index >= 15 is 0 Å². The van der Waals surface area contributed by atoms with Gasteiger partial charge < -0.3 is 0 Å². The van der Waals surface area contributed by atoms with Crippen molar-refractivity contribution in [1.29, 1.82) is 0 Å². The fourth-order valence-corrected chi connectivity index (χ4v) is 122. The molecule has 0 spiro atoms. The minimum absolute atomic E-state index is 0.158. The minimum atomic E-state index is -7.34. The third kappa shape index (κ3) is 10.8. The molecular formula is C54H36N10O18Sn3. The van der Waals surface area contributed by atoms with E-state index in [9.17, 15) is 91.0 Å². The number of non-ortho nitro benzene ring substituents is 9. The topological polar surface area (TPSA) is 391 Å². The van der Waals surface area contributed by atoms with Gasteiger partial charge in [-0.2, -0.15) is 0 Å². The Hall–Kier alpha value is -10.1. The third-order valence-electron chi connectivity index (χ3n) is 14.3. The Bertz CT molecular complexity index is 3460. The molecule has 9 rings (SSSR count). The molecule has 0 atom stereocenters. The van der Waals surface area contributed by atoms with E-state index in [2.05, 4.69) is 0 Å². The second-order valence-corrected chi connectivity index (χ2v) is 60.5. The van der Waals surface area contributed by atoms with Crippen molar-refractivity contribution in [3.8, 4) is 0 Å². The number of nitro benzene ring substituents is 9. The molecule has 85 heavy (non-hydrogen) atoms. The van der Waals surface area contributed by atoms with E-state index in [1.165, 1.54) is 109 Å². The van der Waals surface area contributed by atoms with Crippen LogP contribution in [0.25, 0.3) is 0 Å². The van der Waals surface area contributed by atoms with Crippen molar-refractivity contribution in [3.05, 3.63) is 309 Å². The molecule has 28 nitrogen and oxygen atoms in total. The van der Waals surface area contributed by atoms with E-state index < -0.39 is 151 Å². The molecule has 0 heterocycles. The van der Waals surface area contributed by atoms with E-state index in [-0.39, 0.29) is 32.2 Å². The Balaban J connectivity index is 1.85. The maximum atomic E-state index is 13.4. The summed E-state index contributed by atoms with van der Waals surface area (Å²) in [5.41, 5.74) is -6.14. The molecule has 0 aliphatic rings. The number of benzene rings is 9. The molecule has 422 valence electrons. The zero-order valence-electron chi connectivity index (χ0n) is 43.1. The van der Waals surface area contributed by atoms with Crippen LogP contribution in [-0.4, -0.2) is 99.8 Å². The van der Waals surface area contributed by atoms with Gasteiger partial charge in [-0.25, -0.2) is 0 Å².